The molecule has 0 saturated heterocycles. The standard InChI is InChI=1S/C10H18O2/c1-7-5-4-6-10(2,3)8(7)9(11)12/h7-8H,4-6H2,1-3H3,(H,11,12)/t7-,8-/m0/s1. The third-order valence-corrected chi connectivity index (χ3v) is 3.16. The molecule has 0 aliphatic heterocycles. The molecule has 0 unspecified atom stereocenters. The van der Waals surface area contributed by atoms with E-state index < -0.39 is 5.97 Å². The fourth-order valence-corrected chi connectivity index (χ4v) is 2.55. The molecule has 0 heterocycles. The SMILES string of the molecule is C[C@H]1CCCC(C)(C)[C@@H]1C(=O)O. The van der Waals surface area contributed by atoms with E-state index >= 15 is 0 Å². The first-order valence-corrected chi connectivity index (χ1v) is 4.68. The molecule has 1 saturated carbocycles. The highest BCUT2D eigenvalue weighted by molar-refractivity contribution is 5.71. The number of carboxylic acids is 1. The Hall–Kier alpha value is -0.530. The van der Waals surface area contributed by atoms with Gasteiger partial charge in [-0.2, -0.15) is 0 Å². The van der Waals surface area contributed by atoms with E-state index in [0.29, 0.717) is 5.92 Å². The predicted molar refractivity (Wildman–Crippen MR) is 47.9 cm³/mol. The highest BCUT2D eigenvalue weighted by Gasteiger charge is 2.41. The molecule has 1 aliphatic carbocycles. The van der Waals surface area contributed by atoms with Crippen molar-refractivity contribution in [3.05, 3.63) is 0 Å². The molecule has 1 aliphatic rings. The summed E-state index contributed by atoms with van der Waals surface area (Å²) in [5, 5.41) is 9.04. The summed E-state index contributed by atoms with van der Waals surface area (Å²) >= 11 is 0. The molecule has 0 aromatic carbocycles. The minimum atomic E-state index is -0.618. The molecular weight excluding hydrogens is 152 g/mol. The van der Waals surface area contributed by atoms with Crippen LogP contribution in [0.4, 0.5) is 0 Å². The third-order valence-electron chi connectivity index (χ3n) is 3.16. The molecule has 1 N–H and O–H groups in total. The molecule has 2 atom stereocenters. The number of carbonyl (C=O) groups is 1. The number of carboxylic acid groups (broad SMARTS) is 1. The van der Waals surface area contributed by atoms with Crippen molar-refractivity contribution in [2.24, 2.45) is 17.3 Å². The molecular formula is C10H18O2. The Morgan fingerprint density at radius 1 is 1.50 bits per heavy atom. The molecule has 12 heavy (non-hydrogen) atoms. The first kappa shape index (κ1) is 9.56. The maximum Gasteiger partial charge on any atom is 0.307 e. The Kier molecular flexibility index (Phi) is 2.45. The predicted octanol–water partition coefficient (Wildman–Crippen LogP) is 2.53. The van der Waals surface area contributed by atoms with Gasteiger partial charge in [-0.05, 0) is 24.2 Å². The van der Waals surface area contributed by atoms with Crippen molar-refractivity contribution in [2.75, 3.05) is 0 Å². The summed E-state index contributed by atoms with van der Waals surface area (Å²) in [7, 11) is 0. The Morgan fingerprint density at radius 2 is 2.08 bits per heavy atom. The summed E-state index contributed by atoms with van der Waals surface area (Å²) in [4.78, 5) is 11.0. The summed E-state index contributed by atoms with van der Waals surface area (Å²) in [6, 6.07) is 0. The minimum Gasteiger partial charge on any atom is -0.481 e. The summed E-state index contributed by atoms with van der Waals surface area (Å²) in [6.45, 7) is 6.20. The van der Waals surface area contributed by atoms with Crippen LogP contribution >= 0.6 is 0 Å². The summed E-state index contributed by atoms with van der Waals surface area (Å²) in [5.74, 6) is -0.426. The highest BCUT2D eigenvalue weighted by Crippen LogP contribution is 2.43. The lowest BCUT2D eigenvalue weighted by molar-refractivity contribution is -0.150. The van der Waals surface area contributed by atoms with Crippen molar-refractivity contribution < 1.29 is 9.90 Å². The van der Waals surface area contributed by atoms with Crippen LogP contribution in [-0.2, 0) is 4.79 Å². The van der Waals surface area contributed by atoms with Crippen molar-refractivity contribution in [1.82, 2.24) is 0 Å². The zero-order valence-electron chi connectivity index (χ0n) is 8.13. The monoisotopic (exact) mass is 170 g/mol. The van der Waals surface area contributed by atoms with Crippen LogP contribution in [0.5, 0.6) is 0 Å². The molecule has 0 radical (unpaired) electrons. The molecule has 2 heteroatoms. The van der Waals surface area contributed by atoms with Crippen LogP contribution < -0.4 is 0 Å². The Morgan fingerprint density at radius 3 is 2.42 bits per heavy atom. The number of rotatable bonds is 1. The third kappa shape index (κ3) is 1.62. The molecule has 0 bridgehead atoms. The average molecular weight is 170 g/mol. The van der Waals surface area contributed by atoms with Crippen LogP contribution in [0, 0.1) is 17.3 Å². The fourth-order valence-electron chi connectivity index (χ4n) is 2.55. The summed E-state index contributed by atoms with van der Waals surface area (Å²) in [5.41, 5.74) is -0.0104. The van der Waals surface area contributed by atoms with Crippen LogP contribution in [0.1, 0.15) is 40.0 Å². The van der Waals surface area contributed by atoms with Gasteiger partial charge in [-0.3, -0.25) is 4.79 Å². The van der Waals surface area contributed by atoms with Crippen molar-refractivity contribution in [3.8, 4) is 0 Å². The quantitative estimate of drug-likeness (QED) is 0.656. The fraction of sp³-hybridized carbons (Fsp3) is 0.900. The molecule has 1 rings (SSSR count). The van der Waals surface area contributed by atoms with Gasteiger partial charge < -0.3 is 5.11 Å². The van der Waals surface area contributed by atoms with Gasteiger partial charge in [0.2, 0.25) is 0 Å². The topological polar surface area (TPSA) is 37.3 Å². The van der Waals surface area contributed by atoms with Gasteiger partial charge in [-0.15, -0.1) is 0 Å². The van der Waals surface area contributed by atoms with E-state index in [1.807, 2.05) is 0 Å². The first-order chi connectivity index (χ1) is 5.45. The lowest BCUT2D eigenvalue weighted by Gasteiger charge is -2.40. The van der Waals surface area contributed by atoms with Crippen molar-refractivity contribution in [1.29, 1.82) is 0 Å². The number of hydrogen-bond acceptors (Lipinski definition) is 1. The van der Waals surface area contributed by atoms with Gasteiger partial charge in [-0.25, -0.2) is 0 Å². The van der Waals surface area contributed by atoms with Gasteiger partial charge in [0.1, 0.15) is 0 Å². The molecule has 0 spiro atoms. The molecule has 0 aromatic rings. The van der Waals surface area contributed by atoms with Gasteiger partial charge in [0.15, 0.2) is 0 Å². The van der Waals surface area contributed by atoms with E-state index in [4.69, 9.17) is 5.11 Å². The van der Waals surface area contributed by atoms with Crippen molar-refractivity contribution in [2.45, 2.75) is 40.0 Å². The zero-order chi connectivity index (χ0) is 9.35. The van der Waals surface area contributed by atoms with E-state index in [0.717, 1.165) is 12.8 Å². The second-order valence-corrected chi connectivity index (χ2v) is 4.67. The van der Waals surface area contributed by atoms with Crippen LogP contribution in [-0.4, -0.2) is 11.1 Å². The van der Waals surface area contributed by atoms with Crippen LogP contribution in [0.15, 0.2) is 0 Å². The van der Waals surface area contributed by atoms with E-state index in [2.05, 4.69) is 20.8 Å². The summed E-state index contributed by atoms with van der Waals surface area (Å²) < 4.78 is 0. The molecule has 70 valence electrons. The normalized spacial score (nSPS) is 34.6. The highest BCUT2D eigenvalue weighted by atomic mass is 16.4. The van der Waals surface area contributed by atoms with Crippen LogP contribution in [0.25, 0.3) is 0 Å². The maximum absolute atomic E-state index is 11.0. The first-order valence-electron chi connectivity index (χ1n) is 4.68. The number of aliphatic carboxylic acids is 1. The van der Waals surface area contributed by atoms with Gasteiger partial charge in [0, 0.05) is 0 Å². The van der Waals surface area contributed by atoms with E-state index in [9.17, 15) is 4.79 Å². The molecule has 0 amide bonds. The van der Waals surface area contributed by atoms with Gasteiger partial charge >= 0.3 is 5.97 Å². The second-order valence-electron chi connectivity index (χ2n) is 4.67. The smallest absolute Gasteiger partial charge is 0.307 e. The minimum absolute atomic E-state index is 0.0104. The lowest BCUT2D eigenvalue weighted by atomic mass is 9.64. The Labute approximate surface area is 74.0 Å². The second kappa shape index (κ2) is 3.08. The molecule has 1 fully saturated rings. The molecule has 2 nitrogen and oxygen atoms in total. The molecule has 0 aromatic heterocycles. The zero-order valence-corrected chi connectivity index (χ0v) is 8.13. The van der Waals surface area contributed by atoms with Gasteiger partial charge in [-0.1, -0.05) is 27.2 Å². The Balaban J connectivity index is 2.81. The Bertz CT molecular complexity index is 184. The summed E-state index contributed by atoms with van der Waals surface area (Å²) in [6.07, 6.45) is 3.30. The largest absolute Gasteiger partial charge is 0.481 e. The van der Waals surface area contributed by atoms with Gasteiger partial charge in [0.25, 0.3) is 0 Å². The van der Waals surface area contributed by atoms with Crippen LogP contribution in [0.2, 0.25) is 0 Å². The van der Waals surface area contributed by atoms with E-state index in [1.165, 1.54) is 6.42 Å². The van der Waals surface area contributed by atoms with E-state index in [1.54, 1.807) is 0 Å². The average Bonchev–Trinajstić information content (AvgIpc) is 1.82. The maximum atomic E-state index is 11.0. The van der Waals surface area contributed by atoms with Gasteiger partial charge in [0.05, 0.1) is 5.92 Å². The van der Waals surface area contributed by atoms with E-state index in [-0.39, 0.29) is 11.3 Å². The van der Waals surface area contributed by atoms with Crippen LogP contribution in [0.3, 0.4) is 0 Å². The number of hydrogen-bond donors (Lipinski definition) is 1. The lowest BCUT2D eigenvalue weighted by Crippen LogP contribution is -2.39. The van der Waals surface area contributed by atoms with Crippen molar-refractivity contribution in [3.63, 3.8) is 0 Å². The van der Waals surface area contributed by atoms with Crippen molar-refractivity contribution >= 4 is 5.97 Å².